The fourth-order valence-corrected chi connectivity index (χ4v) is 1.85. The van der Waals surface area contributed by atoms with Crippen LogP contribution in [-0.2, 0) is 10.9 Å². The highest BCUT2D eigenvalue weighted by molar-refractivity contribution is 5.53. The molecular formula is C12H12F3N3O. The van der Waals surface area contributed by atoms with Crippen LogP contribution < -0.4 is 5.32 Å². The van der Waals surface area contributed by atoms with Gasteiger partial charge in [-0.15, -0.1) is 0 Å². The molecule has 0 amide bonds. The number of pyridine rings is 1. The van der Waals surface area contributed by atoms with E-state index in [1.807, 2.05) is 6.07 Å². The summed E-state index contributed by atoms with van der Waals surface area (Å²) in [6.45, 7) is 1.11. The average Bonchev–Trinajstić information content (AvgIpc) is 2.39. The minimum atomic E-state index is -4.51. The molecule has 1 saturated heterocycles. The summed E-state index contributed by atoms with van der Waals surface area (Å²) in [5.41, 5.74) is -0.888. The van der Waals surface area contributed by atoms with Crippen LogP contribution in [0.25, 0.3) is 0 Å². The van der Waals surface area contributed by atoms with Gasteiger partial charge in [0.2, 0.25) is 0 Å². The van der Waals surface area contributed by atoms with Crippen LogP contribution in [0.1, 0.15) is 24.1 Å². The second-order valence-electron chi connectivity index (χ2n) is 4.23. The zero-order chi connectivity index (χ0) is 13.9. The summed E-state index contributed by atoms with van der Waals surface area (Å²) in [7, 11) is 0. The lowest BCUT2D eigenvalue weighted by atomic mass is 10.1. The molecule has 7 heteroatoms. The number of nitriles is 1. The number of halogens is 3. The monoisotopic (exact) mass is 271 g/mol. The van der Waals surface area contributed by atoms with Gasteiger partial charge in [-0.3, -0.25) is 0 Å². The van der Waals surface area contributed by atoms with Crippen molar-refractivity contribution in [2.24, 2.45) is 0 Å². The lowest BCUT2D eigenvalue weighted by molar-refractivity contribution is -0.141. The molecule has 0 radical (unpaired) electrons. The standard InChI is InChI=1S/C12H12F3N3O/c13-12(14,15)10-2-1-8(7-16)11(18-10)17-9-3-5-19-6-4-9/h1-2,9H,3-6H2,(H,17,18). The largest absolute Gasteiger partial charge is 0.433 e. The highest BCUT2D eigenvalue weighted by Gasteiger charge is 2.33. The summed E-state index contributed by atoms with van der Waals surface area (Å²) >= 11 is 0. The topological polar surface area (TPSA) is 57.9 Å². The summed E-state index contributed by atoms with van der Waals surface area (Å²) in [5, 5.41) is 11.8. The third-order valence-electron chi connectivity index (χ3n) is 2.87. The molecule has 1 N–H and O–H groups in total. The maximum Gasteiger partial charge on any atom is 0.433 e. The Morgan fingerprint density at radius 1 is 1.32 bits per heavy atom. The van der Waals surface area contributed by atoms with E-state index in [0.29, 0.717) is 26.1 Å². The first-order valence-corrected chi connectivity index (χ1v) is 5.83. The van der Waals surface area contributed by atoms with E-state index in [1.54, 1.807) is 0 Å². The Labute approximate surface area is 108 Å². The predicted molar refractivity (Wildman–Crippen MR) is 61.4 cm³/mol. The Hall–Kier alpha value is -1.81. The van der Waals surface area contributed by atoms with Crippen LogP contribution in [0.5, 0.6) is 0 Å². The van der Waals surface area contributed by atoms with E-state index in [1.165, 1.54) is 0 Å². The van der Waals surface area contributed by atoms with Crippen molar-refractivity contribution in [1.82, 2.24) is 4.98 Å². The van der Waals surface area contributed by atoms with Gasteiger partial charge in [0.05, 0.1) is 5.56 Å². The smallest absolute Gasteiger partial charge is 0.381 e. The van der Waals surface area contributed by atoms with E-state index in [9.17, 15) is 13.2 Å². The lowest BCUT2D eigenvalue weighted by Gasteiger charge is -2.24. The van der Waals surface area contributed by atoms with Gasteiger partial charge in [0.1, 0.15) is 17.6 Å². The van der Waals surface area contributed by atoms with Gasteiger partial charge in [-0.05, 0) is 25.0 Å². The summed E-state index contributed by atoms with van der Waals surface area (Å²) in [6.07, 6.45) is -3.15. The Morgan fingerprint density at radius 3 is 2.58 bits per heavy atom. The zero-order valence-corrected chi connectivity index (χ0v) is 10.00. The first-order chi connectivity index (χ1) is 9.00. The number of ether oxygens (including phenoxy) is 1. The molecule has 19 heavy (non-hydrogen) atoms. The van der Waals surface area contributed by atoms with Crippen LogP contribution in [0.3, 0.4) is 0 Å². The Bertz CT molecular complexity index is 490. The van der Waals surface area contributed by atoms with Gasteiger partial charge in [-0.1, -0.05) is 0 Å². The van der Waals surface area contributed by atoms with Crippen molar-refractivity contribution in [1.29, 1.82) is 5.26 Å². The Kier molecular flexibility index (Phi) is 3.90. The molecule has 0 saturated carbocycles. The van der Waals surface area contributed by atoms with Crippen LogP contribution in [0.4, 0.5) is 19.0 Å². The third-order valence-corrected chi connectivity index (χ3v) is 2.87. The summed E-state index contributed by atoms with van der Waals surface area (Å²) in [5.74, 6) is -0.00998. The molecule has 0 spiro atoms. The predicted octanol–water partition coefficient (Wildman–Crippen LogP) is 2.56. The van der Waals surface area contributed by atoms with Gasteiger partial charge >= 0.3 is 6.18 Å². The van der Waals surface area contributed by atoms with E-state index >= 15 is 0 Å². The number of alkyl halides is 3. The lowest BCUT2D eigenvalue weighted by Crippen LogP contribution is -2.29. The van der Waals surface area contributed by atoms with Crippen LogP contribution in [-0.4, -0.2) is 24.2 Å². The van der Waals surface area contributed by atoms with Crippen molar-refractivity contribution < 1.29 is 17.9 Å². The number of nitrogens with one attached hydrogen (secondary N) is 1. The SMILES string of the molecule is N#Cc1ccc(C(F)(F)F)nc1NC1CCOCC1. The molecule has 1 aliphatic heterocycles. The van der Waals surface area contributed by atoms with Gasteiger partial charge in [0, 0.05) is 19.3 Å². The van der Waals surface area contributed by atoms with Crippen molar-refractivity contribution in [2.45, 2.75) is 25.1 Å². The second kappa shape index (κ2) is 5.45. The molecule has 0 bridgehead atoms. The maximum atomic E-state index is 12.6. The normalized spacial score (nSPS) is 16.9. The van der Waals surface area contributed by atoms with E-state index < -0.39 is 11.9 Å². The average molecular weight is 271 g/mol. The highest BCUT2D eigenvalue weighted by Crippen LogP contribution is 2.29. The van der Waals surface area contributed by atoms with Crippen LogP contribution in [0, 0.1) is 11.3 Å². The molecule has 0 aromatic carbocycles. The molecule has 0 aliphatic carbocycles. The second-order valence-corrected chi connectivity index (χ2v) is 4.23. The highest BCUT2D eigenvalue weighted by atomic mass is 19.4. The molecule has 0 atom stereocenters. The van der Waals surface area contributed by atoms with Crippen molar-refractivity contribution in [3.8, 4) is 6.07 Å². The van der Waals surface area contributed by atoms with Crippen molar-refractivity contribution in [3.05, 3.63) is 23.4 Å². The van der Waals surface area contributed by atoms with Gasteiger partial charge in [0.15, 0.2) is 0 Å². The van der Waals surface area contributed by atoms with E-state index in [4.69, 9.17) is 10.00 Å². The maximum absolute atomic E-state index is 12.6. The molecular weight excluding hydrogens is 259 g/mol. The molecule has 1 aliphatic rings. The fraction of sp³-hybridized carbons (Fsp3) is 0.500. The van der Waals surface area contributed by atoms with Crippen LogP contribution >= 0.6 is 0 Å². The number of nitrogens with zero attached hydrogens (tertiary/aromatic N) is 2. The van der Waals surface area contributed by atoms with Crippen LogP contribution in [0.2, 0.25) is 0 Å². The van der Waals surface area contributed by atoms with E-state index in [0.717, 1.165) is 12.1 Å². The third kappa shape index (κ3) is 3.35. The number of anilines is 1. The first-order valence-electron chi connectivity index (χ1n) is 5.83. The van der Waals surface area contributed by atoms with Crippen molar-refractivity contribution >= 4 is 5.82 Å². The number of rotatable bonds is 2. The van der Waals surface area contributed by atoms with Gasteiger partial charge < -0.3 is 10.1 Å². The molecule has 0 unspecified atom stereocenters. The minimum Gasteiger partial charge on any atom is -0.381 e. The summed E-state index contributed by atoms with van der Waals surface area (Å²) < 4.78 is 42.9. The molecule has 1 aromatic heterocycles. The van der Waals surface area contributed by atoms with Crippen molar-refractivity contribution in [3.63, 3.8) is 0 Å². The molecule has 1 fully saturated rings. The molecule has 102 valence electrons. The van der Waals surface area contributed by atoms with Crippen molar-refractivity contribution in [2.75, 3.05) is 18.5 Å². The number of hydrogen-bond donors (Lipinski definition) is 1. The molecule has 2 heterocycles. The van der Waals surface area contributed by atoms with Gasteiger partial charge in [-0.25, -0.2) is 4.98 Å². The van der Waals surface area contributed by atoms with Crippen LogP contribution in [0.15, 0.2) is 12.1 Å². The van der Waals surface area contributed by atoms with Gasteiger partial charge in [-0.2, -0.15) is 18.4 Å². The zero-order valence-electron chi connectivity index (χ0n) is 10.00. The number of aromatic nitrogens is 1. The number of hydrogen-bond acceptors (Lipinski definition) is 4. The van der Waals surface area contributed by atoms with Gasteiger partial charge in [0.25, 0.3) is 0 Å². The molecule has 1 aromatic rings. The summed E-state index contributed by atoms with van der Waals surface area (Å²) in [6, 6.07) is 3.77. The molecule has 4 nitrogen and oxygen atoms in total. The van der Waals surface area contributed by atoms with E-state index in [2.05, 4.69) is 10.3 Å². The Balaban J connectivity index is 2.23. The summed E-state index contributed by atoms with van der Waals surface area (Å²) in [4.78, 5) is 3.51. The Morgan fingerprint density at radius 2 is 2.00 bits per heavy atom. The fourth-order valence-electron chi connectivity index (χ4n) is 1.85. The first kappa shape index (κ1) is 13.6. The van der Waals surface area contributed by atoms with E-state index in [-0.39, 0.29) is 17.4 Å². The minimum absolute atomic E-state index is 0.00998. The molecule has 2 rings (SSSR count). The quantitative estimate of drug-likeness (QED) is 0.898.